The number of nitrogens with one attached hydrogen (secondary N) is 1. The molecule has 0 bridgehead atoms. The molecule has 1 fully saturated rings. The molecule has 0 aliphatic carbocycles. The lowest BCUT2D eigenvalue weighted by Crippen LogP contribution is -2.30. The van der Waals surface area contributed by atoms with Crippen molar-refractivity contribution in [2.24, 2.45) is 11.0 Å². The van der Waals surface area contributed by atoms with E-state index in [2.05, 4.69) is 33.4 Å². The van der Waals surface area contributed by atoms with Gasteiger partial charge in [0.1, 0.15) is 0 Å². The molecule has 1 heterocycles. The molecule has 0 unspecified atom stereocenters. The molecule has 2 amide bonds. The van der Waals surface area contributed by atoms with Gasteiger partial charge in [0.25, 0.3) is 0 Å². The van der Waals surface area contributed by atoms with E-state index < -0.39 is 5.92 Å². The molecule has 2 aromatic rings. The molecule has 1 atom stereocenters. The Balaban J connectivity index is 1.57. The minimum absolute atomic E-state index is 0.0494. The Morgan fingerprint density at radius 1 is 1.23 bits per heavy atom. The predicted octanol–water partition coefficient (Wildman–Crippen LogP) is 3.51. The highest BCUT2D eigenvalue weighted by atomic mass is 79.9. The van der Waals surface area contributed by atoms with Crippen molar-refractivity contribution in [1.82, 2.24) is 5.43 Å². The smallest absolute Gasteiger partial charge is 0.245 e. The van der Waals surface area contributed by atoms with Crippen molar-refractivity contribution in [3.63, 3.8) is 0 Å². The maximum atomic E-state index is 12.3. The summed E-state index contributed by atoms with van der Waals surface area (Å²) in [4.78, 5) is 26.2. The van der Waals surface area contributed by atoms with Crippen molar-refractivity contribution in [2.45, 2.75) is 19.8 Å². The first kappa shape index (κ1) is 18.3. The van der Waals surface area contributed by atoms with Crippen molar-refractivity contribution < 1.29 is 9.59 Å². The largest absolute Gasteiger partial charge is 0.312 e. The van der Waals surface area contributed by atoms with Gasteiger partial charge in [-0.1, -0.05) is 47.1 Å². The molecular formula is C20H20BrN3O2. The van der Waals surface area contributed by atoms with Crippen LogP contribution in [-0.2, 0) is 16.0 Å². The number of amides is 2. The highest BCUT2D eigenvalue weighted by Gasteiger charge is 2.35. The fourth-order valence-electron chi connectivity index (χ4n) is 2.85. The average molecular weight is 414 g/mol. The van der Waals surface area contributed by atoms with Crippen LogP contribution in [0.5, 0.6) is 0 Å². The lowest BCUT2D eigenvalue weighted by atomic mass is 10.1. The fourth-order valence-corrected chi connectivity index (χ4v) is 3.12. The van der Waals surface area contributed by atoms with Crippen LogP contribution in [0.25, 0.3) is 0 Å². The van der Waals surface area contributed by atoms with Gasteiger partial charge in [-0.05, 0) is 41.8 Å². The summed E-state index contributed by atoms with van der Waals surface area (Å²) in [5.41, 5.74) is 5.52. The van der Waals surface area contributed by atoms with Crippen LogP contribution in [0.2, 0.25) is 0 Å². The van der Waals surface area contributed by atoms with Gasteiger partial charge in [-0.3, -0.25) is 9.59 Å². The summed E-state index contributed by atoms with van der Waals surface area (Å²) in [5, 5.41) is 4.02. The summed E-state index contributed by atoms with van der Waals surface area (Å²) < 4.78 is 0.948. The summed E-state index contributed by atoms with van der Waals surface area (Å²) in [6, 6.07) is 15.5. The third-order valence-corrected chi connectivity index (χ3v) is 4.94. The van der Waals surface area contributed by atoms with E-state index in [9.17, 15) is 9.59 Å². The summed E-state index contributed by atoms with van der Waals surface area (Å²) in [6.07, 6.45) is 2.79. The molecule has 1 N–H and O–H groups in total. The molecule has 1 aliphatic rings. The van der Waals surface area contributed by atoms with E-state index in [0.29, 0.717) is 6.54 Å². The molecule has 0 radical (unpaired) electrons. The van der Waals surface area contributed by atoms with E-state index >= 15 is 0 Å². The van der Waals surface area contributed by atoms with Crippen LogP contribution in [0.3, 0.4) is 0 Å². The lowest BCUT2D eigenvalue weighted by molar-refractivity contribution is -0.126. The Hall–Kier alpha value is -2.47. The van der Waals surface area contributed by atoms with Crippen LogP contribution >= 0.6 is 15.9 Å². The average Bonchev–Trinajstić information content (AvgIpc) is 3.05. The molecule has 1 aliphatic heterocycles. The number of hydrazone groups is 1. The quantitative estimate of drug-likeness (QED) is 0.601. The molecule has 2 aromatic carbocycles. The molecule has 5 nitrogen and oxygen atoms in total. The van der Waals surface area contributed by atoms with E-state index in [1.807, 2.05) is 48.5 Å². The van der Waals surface area contributed by atoms with Crippen LogP contribution in [0.15, 0.2) is 58.1 Å². The third-order valence-electron chi connectivity index (χ3n) is 4.41. The maximum Gasteiger partial charge on any atom is 0.245 e. The van der Waals surface area contributed by atoms with Crippen LogP contribution in [-0.4, -0.2) is 24.6 Å². The Morgan fingerprint density at radius 3 is 2.58 bits per heavy atom. The zero-order valence-corrected chi connectivity index (χ0v) is 16.1. The van der Waals surface area contributed by atoms with E-state index in [0.717, 1.165) is 22.1 Å². The van der Waals surface area contributed by atoms with E-state index in [1.165, 1.54) is 5.56 Å². The van der Waals surface area contributed by atoms with Crippen LogP contribution < -0.4 is 10.3 Å². The topological polar surface area (TPSA) is 61.8 Å². The zero-order chi connectivity index (χ0) is 18.5. The monoisotopic (exact) mass is 413 g/mol. The number of halogens is 1. The van der Waals surface area contributed by atoms with Gasteiger partial charge in [0.2, 0.25) is 11.8 Å². The second-order valence-electron chi connectivity index (χ2n) is 6.21. The van der Waals surface area contributed by atoms with Gasteiger partial charge in [-0.25, -0.2) is 5.43 Å². The minimum atomic E-state index is -0.397. The summed E-state index contributed by atoms with van der Waals surface area (Å²) in [5.74, 6) is -0.684. The Bertz CT molecular complexity index is 816. The van der Waals surface area contributed by atoms with Crippen molar-refractivity contribution in [2.75, 3.05) is 11.4 Å². The van der Waals surface area contributed by atoms with Crippen LogP contribution in [0.1, 0.15) is 24.5 Å². The van der Waals surface area contributed by atoms with Gasteiger partial charge in [0.05, 0.1) is 12.1 Å². The third kappa shape index (κ3) is 4.38. The molecule has 6 heteroatoms. The number of nitrogens with zero attached hydrogens (tertiary/aromatic N) is 2. The van der Waals surface area contributed by atoms with E-state index in [4.69, 9.17) is 0 Å². The summed E-state index contributed by atoms with van der Waals surface area (Å²) in [7, 11) is 0. The minimum Gasteiger partial charge on any atom is -0.312 e. The predicted molar refractivity (Wildman–Crippen MR) is 106 cm³/mol. The van der Waals surface area contributed by atoms with Crippen LogP contribution in [0.4, 0.5) is 5.69 Å². The van der Waals surface area contributed by atoms with Crippen molar-refractivity contribution in [3.8, 4) is 0 Å². The second kappa shape index (κ2) is 8.27. The van der Waals surface area contributed by atoms with Gasteiger partial charge in [-0.15, -0.1) is 0 Å². The fraction of sp³-hybridized carbons (Fsp3) is 0.250. The first-order valence-corrected chi connectivity index (χ1v) is 9.34. The Labute approximate surface area is 161 Å². The molecule has 26 heavy (non-hydrogen) atoms. The lowest BCUT2D eigenvalue weighted by Gasteiger charge is -2.16. The van der Waals surface area contributed by atoms with Crippen LogP contribution in [0, 0.1) is 5.92 Å². The van der Waals surface area contributed by atoms with Gasteiger partial charge in [0, 0.05) is 23.1 Å². The summed E-state index contributed by atoms with van der Waals surface area (Å²) in [6.45, 7) is 2.47. The number of carbonyl (C=O) groups is 2. The van der Waals surface area contributed by atoms with Crippen molar-refractivity contribution in [3.05, 3.63) is 64.1 Å². The van der Waals surface area contributed by atoms with Crippen molar-refractivity contribution >= 4 is 39.6 Å². The number of anilines is 1. The normalized spacial score (nSPS) is 17.1. The van der Waals surface area contributed by atoms with Gasteiger partial charge < -0.3 is 4.90 Å². The van der Waals surface area contributed by atoms with Gasteiger partial charge >= 0.3 is 0 Å². The number of rotatable bonds is 5. The Kier molecular flexibility index (Phi) is 5.83. The number of aryl methyl sites for hydroxylation is 1. The molecular weight excluding hydrogens is 394 g/mol. The molecule has 0 saturated carbocycles. The number of carbonyl (C=O) groups excluding carboxylic acids is 2. The maximum absolute atomic E-state index is 12.3. The molecule has 134 valence electrons. The standard InChI is InChI=1S/C20H20BrN3O2/c1-2-14-3-5-15(6-4-14)12-22-23-20(26)16-11-19(25)24(13-16)18-9-7-17(21)8-10-18/h3-10,12,16H,2,11,13H2,1H3,(H,23,26)/b22-12-/t16-/m0/s1. The van der Waals surface area contributed by atoms with E-state index in [1.54, 1.807) is 11.1 Å². The van der Waals surface area contributed by atoms with Gasteiger partial charge in [-0.2, -0.15) is 5.10 Å². The zero-order valence-electron chi connectivity index (χ0n) is 14.5. The number of benzene rings is 2. The molecule has 0 spiro atoms. The molecule has 1 saturated heterocycles. The first-order valence-electron chi connectivity index (χ1n) is 8.54. The second-order valence-corrected chi connectivity index (χ2v) is 7.13. The van der Waals surface area contributed by atoms with Crippen molar-refractivity contribution in [1.29, 1.82) is 0 Å². The SMILES string of the molecule is CCc1ccc(/C=N\NC(=O)[C@H]2CC(=O)N(c3ccc(Br)cc3)C2)cc1. The molecule has 0 aromatic heterocycles. The number of hydrogen-bond donors (Lipinski definition) is 1. The Morgan fingerprint density at radius 2 is 1.92 bits per heavy atom. The number of hydrogen-bond acceptors (Lipinski definition) is 3. The highest BCUT2D eigenvalue weighted by molar-refractivity contribution is 9.10. The first-order chi connectivity index (χ1) is 12.6. The molecule has 3 rings (SSSR count). The highest BCUT2D eigenvalue weighted by Crippen LogP contribution is 2.26. The summed E-state index contributed by atoms with van der Waals surface area (Å²) >= 11 is 3.38. The van der Waals surface area contributed by atoms with Gasteiger partial charge in [0.15, 0.2) is 0 Å². The van der Waals surface area contributed by atoms with E-state index in [-0.39, 0.29) is 18.2 Å².